The number of hydrogen-bond acceptors (Lipinski definition) is 2. The predicted octanol–water partition coefficient (Wildman–Crippen LogP) is 2.87. The van der Waals surface area contributed by atoms with E-state index in [4.69, 9.17) is 5.73 Å². The molecule has 0 spiro atoms. The van der Waals surface area contributed by atoms with E-state index in [9.17, 15) is 4.39 Å². The summed E-state index contributed by atoms with van der Waals surface area (Å²) in [7, 11) is 0. The van der Waals surface area contributed by atoms with Crippen LogP contribution in [-0.4, -0.2) is 6.54 Å². The van der Waals surface area contributed by atoms with Crippen LogP contribution in [0.25, 0.3) is 0 Å². The standard InChI is InChI=1S/C11H17FN2/c1-11(2,3)7-14-10-5-4-8(12)6-9(10)13/h4-6,14H,7,13H2,1-3H3. The van der Waals surface area contributed by atoms with Gasteiger partial charge < -0.3 is 11.1 Å². The Morgan fingerprint density at radius 3 is 2.50 bits per heavy atom. The van der Waals surface area contributed by atoms with E-state index in [1.165, 1.54) is 12.1 Å². The maximum absolute atomic E-state index is 12.7. The molecule has 0 bridgehead atoms. The third-order valence-corrected chi connectivity index (χ3v) is 1.82. The van der Waals surface area contributed by atoms with E-state index in [1.54, 1.807) is 6.07 Å². The minimum atomic E-state index is -0.302. The van der Waals surface area contributed by atoms with Gasteiger partial charge in [-0.05, 0) is 23.6 Å². The van der Waals surface area contributed by atoms with Crippen LogP contribution >= 0.6 is 0 Å². The SMILES string of the molecule is CC(C)(C)CNc1ccc(F)cc1N. The second-order valence-corrected chi connectivity index (χ2v) is 4.65. The van der Waals surface area contributed by atoms with Gasteiger partial charge in [0, 0.05) is 6.54 Å². The van der Waals surface area contributed by atoms with Crippen molar-refractivity contribution in [3.05, 3.63) is 24.0 Å². The van der Waals surface area contributed by atoms with E-state index in [0.29, 0.717) is 5.69 Å². The molecule has 2 nitrogen and oxygen atoms in total. The van der Waals surface area contributed by atoms with Gasteiger partial charge in [0.05, 0.1) is 11.4 Å². The molecule has 0 aliphatic carbocycles. The molecule has 1 aromatic carbocycles. The minimum Gasteiger partial charge on any atom is -0.397 e. The van der Waals surface area contributed by atoms with Crippen molar-refractivity contribution >= 4 is 11.4 Å². The molecule has 0 heterocycles. The number of hydrogen-bond donors (Lipinski definition) is 2. The fourth-order valence-corrected chi connectivity index (χ4v) is 1.05. The van der Waals surface area contributed by atoms with Gasteiger partial charge >= 0.3 is 0 Å². The van der Waals surface area contributed by atoms with E-state index in [2.05, 4.69) is 26.1 Å². The van der Waals surface area contributed by atoms with Gasteiger partial charge in [0.15, 0.2) is 0 Å². The number of nitrogens with one attached hydrogen (secondary N) is 1. The summed E-state index contributed by atoms with van der Waals surface area (Å²) in [5.74, 6) is -0.302. The van der Waals surface area contributed by atoms with Crippen LogP contribution in [0.3, 0.4) is 0 Å². The molecule has 1 aromatic rings. The number of halogens is 1. The molecule has 3 heteroatoms. The molecule has 0 saturated carbocycles. The Hall–Kier alpha value is -1.25. The van der Waals surface area contributed by atoms with Crippen LogP contribution in [0.4, 0.5) is 15.8 Å². The lowest BCUT2D eigenvalue weighted by Gasteiger charge is -2.20. The first kappa shape index (κ1) is 10.8. The van der Waals surface area contributed by atoms with Crippen LogP contribution < -0.4 is 11.1 Å². The first-order chi connectivity index (χ1) is 6.38. The van der Waals surface area contributed by atoms with Gasteiger partial charge in [0.2, 0.25) is 0 Å². The first-order valence-corrected chi connectivity index (χ1v) is 4.67. The Bertz CT molecular complexity index is 316. The van der Waals surface area contributed by atoms with Crippen molar-refractivity contribution in [2.24, 2.45) is 5.41 Å². The summed E-state index contributed by atoms with van der Waals surface area (Å²) in [4.78, 5) is 0. The largest absolute Gasteiger partial charge is 0.397 e. The lowest BCUT2D eigenvalue weighted by molar-refractivity contribution is 0.443. The van der Waals surface area contributed by atoms with Gasteiger partial charge in [-0.1, -0.05) is 20.8 Å². The van der Waals surface area contributed by atoms with Gasteiger partial charge in [-0.25, -0.2) is 4.39 Å². The van der Waals surface area contributed by atoms with Crippen molar-refractivity contribution in [2.75, 3.05) is 17.6 Å². The summed E-state index contributed by atoms with van der Waals surface area (Å²) >= 11 is 0. The maximum Gasteiger partial charge on any atom is 0.125 e. The van der Waals surface area contributed by atoms with Gasteiger partial charge in [-0.15, -0.1) is 0 Å². The highest BCUT2D eigenvalue weighted by Crippen LogP contribution is 2.21. The molecular weight excluding hydrogens is 179 g/mol. The second kappa shape index (κ2) is 3.86. The fourth-order valence-electron chi connectivity index (χ4n) is 1.05. The molecule has 0 aromatic heterocycles. The van der Waals surface area contributed by atoms with E-state index >= 15 is 0 Å². The van der Waals surface area contributed by atoms with Crippen molar-refractivity contribution in [3.8, 4) is 0 Å². The number of rotatable bonds is 2. The van der Waals surface area contributed by atoms with Gasteiger partial charge in [0.25, 0.3) is 0 Å². The van der Waals surface area contributed by atoms with E-state index in [1.807, 2.05) is 0 Å². The third kappa shape index (κ3) is 3.24. The molecule has 0 saturated heterocycles. The van der Waals surface area contributed by atoms with E-state index in [-0.39, 0.29) is 11.2 Å². The van der Waals surface area contributed by atoms with Crippen molar-refractivity contribution < 1.29 is 4.39 Å². The summed E-state index contributed by atoms with van der Waals surface area (Å²) in [6.45, 7) is 7.18. The maximum atomic E-state index is 12.7. The third-order valence-electron chi connectivity index (χ3n) is 1.82. The highest BCUT2D eigenvalue weighted by Gasteiger charge is 2.10. The topological polar surface area (TPSA) is 38.0 Å². The molecule has 0 atom stereocenters. The molecule has 3 N–H and O–H groups in total. The molecule has 0 amide bonds. The smallest absolute Gasteiger partial charge is 0.125 e. The molecule has 0 aliphatic heterocycles. The predicted molar refractivity (Wildman–Crippen MR) is 58.8 cm³/mol. The molecule has 1 rings (SSSR count). The average Bonchev–Trinajstić information content (AvgIpc) is 2.00. The Morgan fingerprint density at radius 1 is 1.36 bits per heavy atom. The Labute approximate surface area is 84.3 Å². The minimum absolute atomic E-state index is 0.181. The van der Waals surface area contributed by atoms with Crippen LogP contribution in [-0.2, 0) is 0 Å². The van der Waals surface area contributed by atoms with Crippen molar-refractivity contribution in [2.45, 2.75) is 20.8 Å². The van der Waals surface area contributed by atoms with Crippen LogP contribution in [0.5, 0.6) is 0 Å². The quantitative estimate of drug-likeness (QED) is 0.714. The zero-order chi connectivity index (χ0) is 10.8. The molecular formula is C11H17FN2. The Balaban J connectivity index is 2.68. The number of nitrogen functional groups attached to an aromatic ring is 1. The summed E-state index contributed by atoms with van der Waals surface area (Å²) in [6.07, 6.45) is 0. The molecule has 0 fully saturated rings. The summed E-state index contributed by atoms with van der Waals surface area (Å²) in [6, 6.07) is 4.39. The number of anilines is 2. The van der Waals surface area contributed by atoms with Gasteiger partial charge in [-0.3, -0.25) is 0 Å². The summed E-state index contributed by atoms with van der Waals surface area (Å²) in [5.41, 5.74) is 7.08. The number of nitrogens with two attached hydrogens (primary N) is 1. The normalized spacial score (nSPS) is 11.4. The van der Waals surface area contributed by atoms with Crippen molar-refractivity contribution in [1.82, 2.24) is 0 Å². The van der Waals surface area contributed by atoms with Crippen LogP contribution in [0, 0.1) is 11.2 Å². The lowest BCUT2D eigenvalue weighted by atomic mass is 9.97. The molecule has 78 valence electrons. The highest BCUT2D eigenvalue weighted by atomic mass is 19.1. The van der Waals surface area contributed by atoms with Crippen LogP contribution in [0.1, 0.15) is 20.8 Å². The first-order valence-electron chi connectivity index (χ1n) is 4.67. The zero-order valence-electron chi connectivity index (χ0n) is 8.89. The van der Waals surface area contributed by atoms with Crippen LogP contribution in [0.2, 0.25) is 0 Å². The molecule has 0 unspecified atom stereocenters. The van der Waals surface area contributed by atoms with Crippen molar-refractivity contribution in [1.29, 1.82) is 0 Å². The van der Waals surface area contributed by atoms with Gasteiger partial charge in [0.1, 0.15) is 5.82 Å². The second-order valence-electron chi connectivity index (χ2n) is 4.65. The number of benzene rings is 1. The van der Waals surface area contributed by atoms with Crippen LogP contribution in [0.15, 0.2) is 18.2 Å². The van der Waals surface area contributed by atoms with E-state index in [0.717, 1.165) is 12.2 Å². The summed E-state index contributed by atoms with van der Waals surface area (Å²) < 4.78 is 12.7. The Morgan fingerprint density at radius 2 is 2.00 bits per heavy atom. The van der Waals surface area contributed by atoms with Gasteiger partial charge in [-0.2, -0.15) is 0 Å². The monoisotopic (exact) mass is 196 g/mol. The average molecular weight is 196 g/mol. The molecule has 0 aliphatic rings. The Kier molecular flexibility index (Phi) is 2.99. The zero-order valence-corrected chi connectivity index (χ0v) is 8.89. The van der Waals surface area contributed by atoms with Crippen molar-refractivity contribution in [3.63, 3.8) is 0 Å². The fraction of sp³-hybridized carbons (Fsp3) is 0.455. The lowest BCUT2D eigenvalue weighted by Crippen LogP contribution is -2.19. The molecule has 14 heavy (non-hydrogen) atoms. The van der Waals surface area contributed by atoms with E-state index < -0.39 is 0 Å². The highest BCUT2D eigenvalue weighted by molar-refractivity contribution is 5.65. The molecule has 0 radical (unpaired) electrons. The summed E-state index contributed by atoms with van der Waals surface area (Å²) in [5, 5.41) is 3.19.